The molecule has 0 aromatic carbocycles. The van der Waals surface area contributed by atoms with Gasteiger partial charge in [-0.15, -0.1) is 10.2 Å². The van der Waals surface area contributed by atoms with E-state index in [0.717, 1.165) is 40.8 Å². The largest absolute Gasteiger partial charge is 0.336 e. The van der Waals surface area contributed by atoms with Gasteiger partial charge in [0, 0.05) is 44.0 Å². The van der Waals surface area contributed by atoms with Crippen molar-refractivity contribution in [1.82, 2.24) is 34.6 Å². The second-order valence-electron chi connectivity index (χ2n) is 11.0. The summed E-state index contributed by atoms with van der Waals surface area (Å²) in [4.78, 5) is 22.5. The number of nitrogens with one attached hydrogen (secondary N) is 2. The predicted octanol–water partition coefficient (Wildman–Crippen LogP) is 3.71. The number of carbonyl (C=O) groups is 1. The Bertz CT molecular complexity index is 1460. The highest BCUT2D eigenvalue weighted by molar-refractivity contribution is 6.04. The molecule has 0 atom stereocenters. The Hall–Kier alpha value is -3.59. The number of hydrogen-bond acceptors (Lipinski definition) is 6. The number of hydrogen-bond donors (Lipinski definition) is 2. The molecule has 9 nitrogen and oxygen atoms in total. The molecule has 6 rings (SSSR count). The molecule has 186 valence electrons. The van der Waals surface area contributed by atoms with E-state index in [1.807, 2.05) is 47.8 Å². The number of anilines is 1. The molecule has 0 radical (unpaired) electrons. The molecule has 0 bridgehead atoms. The fraction of sp³-hybridized carbons (Fsp3) is 0.444. The maximum absolute atomic E-state index is 13.4. The zero-order valence-electron chi connectivity index (χ0n) is 21.2. The first-order valence-electron chi connectivity index (χ1n) is 12.6. The maximum atomic E-state index is 13.4. The van der Waals surface area contributed by atoms with Gasteiger partial charge in [0.1, 0.15) is 23.5 Å². The summed E-state index contributed by atoms with van der Waals surface area (Å²) in [5, 5.41) is 16.3. The first kappa shape index (κ1) is 22.8. The lowest BCUT2D eigenvalue weighted by Crippen LogP contribution is -2.43. The van der Waals surface area contributed by atoms with Crippen LogP contribution in [0.25, 0.3) is 11.0 Å². The smallest absolute Gasteiger partial charge is 0.274 e. The Morgan fingerprint density at radius 2 is 1.97 bits per heavy atom. The van der Waals surface area contributed by atoms with Gasteiger partial charge < -0.3 is 19.8 Å². The van der Waals surface area contributed by atoms with Crippen LogP contribution in [0.3, 0.4) is 0 Å². The summed E-state index contributed by atoms with van der Waals surface area (Å²) in [5.41, 5.74) is 3.94. The standard InChI is InChI=1S/C27H32N8O/c1-17-11-27(12-17,25-33-30-16-35(25)4)19-10-20(15-28-14-19)31-24(36)22-9-18(13-29-26(2)6-7-26)21-5-8-34(3)23(21)32-22/h5,8-10,14-17,29H,6-7,11-13H2,1-4H3,(H,31,36). The van der Waals surface area contributed by atoms with Crippen molar-refractivity contribution < 1.29 is 4.79 Å². The minimum absolute atomic E-state index is 0.205. The van der Waals surface area contributed by atoms with E-state index < -0.39 is 0 Å². The lowest BCUT2D eigenvalue weighted by molar-refractivity contribution is 0.102. The number of amides is 1. The van der Waals surface area contributed by atoms with Gasteiger partial charge in [0.25, 0.3) is 5.91 Å². The van der Waals surface area contributed by atoms with Gasteiger partial charge in [0.2, 0.25) is 0 Å². The fourth-order valence-corrected chi connectivity index (χ4v) is 5.59. The lowest BCUT2D eigenvalue weighted by Gasteiger charge is -2.45. The van der Waals surface area contributed by atoms with Crippen molar-refractivity contribution in [3.05, 3.63) is 65.8 Å². The van der Waals surface area contributed by atoms with Gasteiger partial charge in [0.15, 0.2) is 0 Å². The normalized spacial score (nSPS) is 22.4. The zero-order valence-corrected chi connectivity index (χ0v) is 21.2. The Labute approximate surface area is 210 Å². The second-order valence-corrected chi connectivity index (χ2v) is 11.0. The van der Waals surface area contributed by atoms with Crippen LogP contribution in [0.1, 0.15) is 67.0 Å². The van der Waals surface area contributed by atoms with Crippen molar-refractivity contribution in [2.24, 2.45) is 20.0 Å². The van der Waals surface area contributed by atoms with Gasteiger partial charge in [-0.2, -0.15) is 0 Å². The first-order chi connectivity index (χ1) is 17.3. The summed E-state index contributed by atoms with van der Waals surface area (Å²) >= 11 is 0. The Kier molecular flexibility index (Phi) is 5.22. The van der Waals surface area contributed by atoms with Gasteiger partial charge >= 0.3 is 0 Å². The molecule has 2 saturated carbocycles. The molecule has 0 unspecified atom stereocenters. The van der Waals surface area contributed by atoms with Crippen molar-refractivity contribution in [3.63, 3.8) is 0 Å². The molecule has 9 heteroatoms. The zero-order chi connectivity index (χ0) is 25.1. The average Bonchev–Trinajstić information content (AvgIpc) is 3.23. The van der Waals surface area contributed by atoms with Crippen LogP contribution in [0.4, 0.5) is 5.69 Å². The molecule has 2 fully saturated rings. The number of carbonyl (C=O) groups excluding carboxylic acids is 1. The minimum atomic E-state index is -0.245. The van der Waals surface area contributed by atoms with Crippen molar-refractivity contribution in [2.45, 2.75) is 57.0 Å². The van der Waals surface area contributed by atoms with E-state index in [0.29, 0.717) is 23.8 Å². The third-order valence-electron chi connectivity index (χ3n) is 7.94. The number of rotatable bonds is 7. The molecule has 4 heterocycles. The van der Waals surface area contributed by atoms with Crippen LogP contribution < -0.4 is 10.6 Å². The Balaban J connectivity index is 1.29. The van der Waals surface area contributed by atoms with Gasteiger partial charge in [-0.1, -0.05) is 6.92 Å². The van der Waals surface area contributed by atoms with Crippen molar-refractivity contribution in [3.8, 4) is 0 Å². The summed E-state index contributed by atoms with van der Waals surface area (Å²) in [7, 11) is 3.93. The van der Waals surface area contributed by atoms with E-state index >= 15 is 0 Å². The minimum Gasteiger partial charge on any atom is -0.336 e. The summed E-state index contributed by atoms with van der Waals surface area (Å²) in [6, 6.07) is 5.99. The van der Waals surface area contributed by atoms with Crippen molar-refractivity contribution >= 4 is 22.6 Å². The van der Waals surface area contributed by atoms with Crippen LogP contribution >= 0.6 is 0 Å². The molecule has 4 aromatic rings. The van der Waals surface area contributed by atoms with Crippen LogP contribution in [-0.2, 0) is 26.1 Å². The average molecular weight is 485 g/mol. The molecule has 1 amide bonds. The Morgan fingerprint density at radius 3 is 2.67 bits per heavy atom. The number of aromatic nitrogens is 6. The molecule has 0 spiro atoms. The second kappa shape index (κ2) is 8.23. The summed E-state index contributed by atoms with van der Waals surface area (Å²) < 4.78 is 3.94. The number of nitrogens with zero attached hydrogens (tertiary/aromatic N) is 6. The summed E-state index contributed by atoms with van der Waals surface area (Å²) in [6.07, 6.45) is 11.6. The third-order valence-corrected chi connectivity index (χ3v) is 7.94. The lowest BCUT2D eigenvalue weighted by atomic mass is 9.59. The monoisotopic (exact) mass is 484 g/mol. The van der Waals surface area contributed by atoms with E-state index in [9.17, 15) is 4.79 Å². The molecule has 2 aliphatic rings. The van der Waals surface area contributed by atoms with Crippen molar-refractivity contribution in [1.29, 1.82) is 0 Å². The third kappa shape index (κ3) is 3.87. The molecule has 4 aromatic heterocycles. The highest BCUT2D eigenvalue weighted by Crippen LogP contribution is 2.51. The fourth-order valence-electron chi connectivity index (χ4n) is 5.59. The first-order valence-corrected chi connectivity index (χ1v) is 12.6. The Morgan fingerprint density at radius 1 is 1.17 bits per heavy atom. The topological polar surface area (TPSA) is 103 Å². The molecular formula is C27H32N8O. The van der Waals surface area contributed by atoms with Gasteiger partial charge in [-0.3, -0.25) is 9.78 Å². The van der Waals surface area contributed by atoms with Gasteiger partial charge in [-0.05, 0) is 67.9 Å². The highest BCUT2D eigenvalue weighted by atomic mass is 16.1. The summed E-state index contributed by atoms with van der Waals surface area (Å²) in [5.74, 6) is 1.28. The maximum Gasteiger partial charge on any atom is 0.274 e. The van der Waals surface area contributed by atoms with Crippen LogP contribution in [-0.4, -0.2) is 40.7 Å². The van der Waals surface area contributed by atoms with Crippen LogP contribution in [0.15, 0.2) is 43.1 Å². The van der Waals surface area contributed by atoms with Gasteiger partial charge in [-0.25, -0.2) is 4.98 Å². The van der Waals surface area contributed by atoms with E-state index in [1.165, 1.54) is 12.8 Å². The van der Waals surface area contributed by atoms with E-state index in [1.54, 1.807) is 12.5 Å². The molecule has 0 saturated heterocycles. The number of fused-ring (bicyclic) bond motifs is 1. The van der Waals surface area contributed by atoms with E-state index in [-0.39, 0.29) is 16.9 Å². The van der Waals surface area contributed by atoms with E-state index in [4.69, 9.17) is 4.98 Å². The van der Waals surface area contributed by atoms with Crippen LogP contribution in [0.5, 0.6) is 0 Å². The number of pyridine rings is 2. The highest BCUT2D eigenvalue weighted by Gasteiger charge is 2.48. The molecule has 2 aliphatic carbocycles. The van der Waals surface area contributed by atoms with Crippen LogP contribution in [0.2, 0.25) is 0 Å². The predicted molar refractivity (Wildman–Crippen MR) is 138 cm³/mol. The van der Waals surface area contributed by atoms with Crippen molar-refractivity contribution in [2.75, 3.05) is 5.32 Å². The molecule has 36 heavy (non-hydrogen) atoms. The van der Waals surface area contributed by atoms with Crippen LogP contribution in [0, 0.1) is 5.92 Å². The number of aryl methyl sites for hydroxylation is 2. The molecule has 0 aliphatic heterocycles. The molecular weight excluding hydrogens is 452 g/mol. The summed E-state index contributed by atoms with van der Waals surface area (Å²) in [6.45, 7) is 5.19. The quantitative estimate of drug-likeness (QED) is 0.415. The van der Waals surface area contributed by atoms with Gasteiger partial charge in [0.05, 0.1) is 17.3 Å². The molecule has 2 N–H and O–H groups in total. The van der Waals surface area contributed by atoms with E-state index in [2.05, 4.69) is 45.7 Å². The SMILES string of the molecule is CC1CC(c2cncc(NC(=O)c3cc(CNC4(C)CC4)c4ccn(C)c4n3)c2)(c2nncn2C)C1.